The molecule has 0 aromatic rings. The summed E-state index contributed by atoms with van der Waals surface area (Å²) in [5.74, 6) is 0.867. The minimum absolute atomic E-state index is 0.480. The van der Waals surface area contributed by atoms with Crippen molar-refractivity contribution in [1.82, 2.24) is 5.32 Å². The highest BCUT2D eigenvalue weighted by Crippen LogP contribution is 2.30. The second-order valence-corrected chi connectivity index (χ2v) is 5.72. The van der Waals surface area contributed by atoms with Crippen LogP contribution in [-0.2, 0) is 0 Å². The molecule has 16 heavy (non-hydrogen) atoms. The van der Waals surface area contributed by atoms with Crippen LogP contribution in [0.15, 0.2) is 0 Å². The molecule has 96 valence electrons. The van der Waals surface area contributed by atoms with Crippen molar-refractivity contribution in [2.45, 2.75) is 70.8 Å². The average Bonchev–Trinajstić information content (AvgIpc) is 2.22. The van der Waals surface area contributed by atoms with Crippen LogP contribution in [-0.4, -0.2) is 18.6 Å². The summed E-state index contributed by atoms with van der Waals surface area (Å²) >= 11 is 0. The van der Waals surface area contributed by atoms with E-state index >= 15 is 0 Å². The van der Waals surface area contributed by atoms with Gasteiger partial charge in [0.05, 0.1) is 0 Å². The Balaban J connectivity index is 2.03. The van der Waals surface area contributed by atoms with Crippen LogP contribution in [0.5, 0.6) is 0 Å². The SMILES string of the molecule is CCCC(CCN)CCCNC1(C)CCC1. The maximum Gasteiger partial charge on any atom is 0.0153 e. The quantitative estimate of drug-likeness (QED) is 0.593. The van der Waals surface area contributed by atoms with Crippen molar-refractivity contribution in [1.29, 1.82) is 0 Å². The summed E-state index contributed by atoms with van der Waals surface area (Å²) in [6, 6.07) is 0. The van der Waals surface area contributed by atoms with Gasteiger partial charge in [0.1, 0.15) is 0 Å². The molecule has 0 heterocycles. The first-order chi connectivity index (χ1) is 7.70. The van der Waals surface area contributed by atoms with Crippen LogP contribution in [0.1, 0.15) is 65.2 Å². The highest BCUT2D eigenvalue weighted by molar-refractivity contribution is 4.91. The Morgan fingerprint density at radius 3 is 2.50 bits per heavy atom. The molecule has 1 unspecified atom stereocenters. The van der Waals surface area contributed by atoms with Gasteiger partial charge in [-0.3, -0.25) is 0 Å². The summed E-state index contributed by atoms with van der Waals surface area (Å²) in [6.07, 6.45) is 10.7. The Morgan fingerprint density at radius 1 is 1.25 bits per heavy atom. The van der Waals surface area contributed by atoms with E-state index in [1.54, 1.807) is 0 Å². The fraction of sp³-hybridized carbons (Fsp3) is 1.00. The van der Waals surface area contributed by atoms with Gasteiger partial charge >= 0.3 is 0 Å². The predicted octanol–water partition coefficient (Wildman–Crippen LogP) is 3.06. The van der Waals surface area contributed by atoms with Gasteiger partial charge in [0.15, 0.2) is 0 Å². The zero-order valence-electron chi connectivity index (χ0n) is 11.2. The molecule has 1 aliphatic carbocycles. The Hall–Kier alpha value is -0.0800. The molecule has 1 atom stereocenters. The van der Waals surface area contributed by atoms with Crippen molar-refractivity contribution < 1.29 is 0 Å². The monoisotopic (exact) mass is 226 g/mol. The van der Waals surface area contributed by atoms with E-state index in [2.05, 4.69) is 19.2 Å². The van der Waals surface area contributed by atoms with Crippen molar-refractivity contribution >= 4 is 0 Å². The second-order valence-electron chi connectivity index (χ2n) is 5.72. The second kappa shape index (κ2) is 7.29. The normalized spacial score (nSPS) is 20.4. The lowest BCUT2D eigenvalue weighted by Crippen LogP contribution is -2.48. The highest BCUT2D eigenvalue weighted by Gasteiger charge is 2.30. The Kier molecular flexibility index (Phi) is 6.37. The molecule has 1 fully saturated rings. The molecule has 0 aromatic heterocycles. The van der Waals surface area contributed by atoms with Gasteiger partial charge in [-0.05, 0) is 64.5 Å². The standard InChI is InChI=1S/C14H30N2/c1-3-6-13(8-11-15)7-4-12-16-14(2)9-5-10-14/h13,16H,3-12,15H2,1-2H3. The smallest absolute Gasteiger partial charge is 0.0153 e. The number of rotatable bonds is 9. The van der Waals surface area contributed by atoms with E-state index in [1.807, 2.05) is 0 Å². The third-order valence-electron chi connectivity index (χ3n) is 4.07. The van der Waals surface area contributed by atoms with Gasteiger partial charge in [0.2, 0.25) is 0 Å². The lowest BCUT2D eigenvalue weighted by Gasteiger charge is -2.39. The Morgan fingerprint density at radius 2 is 2.00 bits per heavy atom. The van der Waals surface area contributed by atoms with Gasteiger partial charge in [-0.1, -0.05) is 19.8 Å². The Labute approximate surface area is 101 Å². The van der Waals surface area contributed by atoms with Crippen LogP contribution >= 0.6 is 0 Å². The molecule has 0 aromatic carbocycles. The summed E-state index contributed by atoms with van der Waals surface area (Å²) < 4.78 is 0. The fourth-order valence-electron chi connectivity index (χ4n) is 2.74. The number of nitrogens with two attached hydrogens (primary N) is 1. The molecule has 0 bridgehead atoms. The largest absolute Gasteiger partial charge is 0.330 e. The number of hydrogen-bond donors (Lipinski definition) is 2. The lowest BCUT2D eigenvalue weighted by atomic mass is 9.78. The molecule has 2 heteroatoms. The van der Waals surface area contributed by atoms with Crippen molar-refractivity contribution in [2.24, 2.45) is 11.7 Å². The van der Waals surface area contributed by atoms with Gasteiger partial charge in [-0.25, -0.2) is 0 Å². The van der Waals surface area contributed by atoms with Crippen molar-refractivity contribution in [3.05, 3.63) is 0 Å². The fourth-order valence-corrected chi connectivity index (χ4v) is 2.74. The molecule has 0 aliphatic heterocycles. The van der Waals surface area contributed by atoms with Crippen LogP contribution in [0.3, 0.4) is 0 Å². The molecule has 0 spiro atoms. The summed E-state index contributed by atoms with van der Waals surface area (Å²) in [5, 5.41) is 3.70. The number of hydrogen-bond acceptors (Lipinski definition) is 2. The zero-order chi connectivity index (χ0) is 11.9. The minimum Gasteiger partial charge on any atom is -0.330 e. The van der Waals surface area contributed by atoms with E-state index in [1.165, 1.54) is 57.9 Å². The molecule has 0 saturated heterocycles. The first-order valence-electron chi connectivity index (χ1n) is 7.15. The molecule has 3 N–H and O–H groups in total. The molecule has 1 saturated carbocycles. The molecule has 0 radical (unpaired) electrons. The summed E-state index contributed by atoms with van der Waals surface area (Å²) in [4.78, 5) is 0. The van der Waals surface area contributed by atoms with Gasteiger partial charge in [0.25, 0.3) is 0 Å². The van der Waals surface area contributed by atoms with Crippen LogP contribution in [0.2, 0.25) is 0 Å². The van der Waals surface area contributed by atoms with E-state index in [-0.39, 0.29) is 0 Å². The molecule has 0 amide bonds. The van der Waals surface area contributed by atoms with Crippen LogP contribution in [0.4, 0.5) is 0 Å². The van der Waals surface area contributed by atoms with Crippen LogP contribution in [0, 0.1) is 5.92 Å². The van der Waals surface area contributed by atoms with Gasteiger partial charge < -0.3 is 11.1 Å². The van der Waals surface area contributed by atoms with Gasteiger partial charge in [0, 0.05) is 5.54 Å². The molecular weight excluding hydrogens is 196 g/mol. The lowest BCUT2D eigenvalue weighted by molar-refractivity contribution is 0.206. The van der Waals surface area contributed by atoms with Crippen LogP contribution in [0.25, 0.3) is 0 Å². The first-order valence-corrected chi connectivity index (χ1v) is 7.15. The zero-order valence-corrected chi connectivity index (χ0v) is 11.2. The first kappa shape index (κ1) is 14.0. The summed E-state index contributed by atoms with van der Waals surface area (Å²) in [5.41, 5.74) is 6.13. The van der Waals surface area contributed by atoms with E-state index in [4.69, 9.17) is 5.73 Å². The third-order valence-corrected chi connectivity index (χ3v) is 4.07. The van der Waals surface area contributed by atoms with E-state index < -0.39 is 0 Å². The summed E-state index contributed by atoms with van der Waals surface area (Å²) in [7, 11) is 0. The highest BCUT2D eigenvalue weighted by atomic mass is 15.0. The topological polar surface area (TPSA) is 38.0 Å². The van der Waals surface area contributed by atoms with E-state index in [0.29, 0.717) is 5.54 Å². The van der Waals surface area contributed by atoms with E-state index in [9.17, 15) is 0 Å². The van der Waals surface area contributed by atoms with Crippen molar-refractivity contribution in [3.63, 3.8) is 0 Å². The average molecular weight is 226 g/mol. The third kappa shape index (κ3) is 4.84. The van der Waals surface area contributed by atoms with Gasteiger partial charge in [-0.2, -0.15) is 0 Å². The van der Waals surface area contributed by atoms with Crippen molar-refractivity contribution in [2.75, 3.05) is 13.1 Å². The van der Waals surface area contributed by atoms with Gasteiger partial charge in [-0.15, -0.1) is 0 Å². The molecule has 1 aliphatic rings. The molecule has 1 rings (SSSR count). The van der Waals surface area contributed by atoms with Crippen molar-refractivity contribution in [3.8, 4) is 0 Å². The minimum atomic E-state index is 0.480. The predicted molar refractivity (Wildman–Crippen MR) is 71.6 cm³/mol. The molecule has 2 nitrogen and oxygen atoms in total. The maximum absolute atomic E-state index is 5.65. The van der Waals surface area contributed by atoms with E-state index in [0.717, 1.165) is 12.5 Å². The Bertz CT molecular complexity index is 170. The maximum atomic E-state index is 5.65. The van der Waals surface area contributed by atoms with Crippen LogP contribution < -0.4 is 11.1 Å². The molecular formula is C14H30N2. The summed E-state index contributed by atoms with van der Waals surface area (Å²) in [6.45, 7) is 6.69. The number of nitrogens with one attached hydrogen (secondary N) is 1.